The van der Waals surface area contributed by atoms with E-state index >= 15 is 0 Å². The molecule has 0 saturated carbocycles. The molecule has 220 valence electrons. The van der Waals surface area contributed by atoms with E-state index in [1.807, 2.05) is 0 Å². The number of hydrogen-bond acceptors (Lipinski definition) is 10. The summed E-state index contributed by atoms with van der Waals surface area (Å²) in [6, 6.07) is 6.79. The van der Waals surface area contributed by atoms with Crippen LogP contribution in [0.1, 0.15) is 32.7 Å². The number of amides is 2. The minimum atomic E-state index is -2.72. The van der Waals surface area contributed by atoms with Gasteiger partial charge >= 0.3 is 0 Å². The van der Waals surface area contributed by atoms with Gasteiger partial charge in [0.2, 0.25) is 11.7 Å². The molecule has 0 bridgehead atoms. The van der Waals surface area contributed by atoms with Gasteiger partial charge in [-0.2, -0.15) is 0 Å². The maximum atomic E-state index is 14.2. The number of nitrogens with two attached hydrogens (primary N) is 2. The maximum Gasteiger partial charge on any atom is 0.255 e. The van der Waals surface area contributed by atoms with Gasteiger partial charge in [-0.05, 0) is 62.2 Å². The quantitative estimate of drug-likeness (QED) is 0.278. The standard InChI is InChI=1S/C30H32N4O8/c1-33(2)18-11-15(12-5-7-13(8-6-12)28(31)40)23(35)20-16(18)9-14-10-17-22(34(3)4)25(37)21(29(32)41)27(39)30(17,42)26(38)19(14)24(20)36/h5-8,11,14,17,22,35,37-38,42H,9-10H2,1-4H3,(H2,31,40)(H2,32,41)/t14-,17-,22-,30-/m0/s1. The second kappa shape index (κ2) is 9.71. The molecule has 8 N–H and O–H groups in total. The number of likely N-dealkylation sites (N-methyl/N-ethyl adjacent to an activating group) is 1. The van der Waals surface area contributed by atoms with E-state index in [0.717, 1.165) is 0 Å². The summed E-state index contributed by atoms with van der Waals surface area (Å²) in [5.74, 6) is -7.70. The summed E-state index contributed by atoms with van der Waals surface area (Å²) in [4.78, 5) is 54.6. The van der Waals surface area contributed by atoms with Crippen molar-refractivity contribution in [2.45, 2.75) is 24.5 Å². The number of anilines is 1. The minimum absolute atomic E-state index is 0.00424. The van der Waals surface area contributed by atoms with Crippen LogP contribution in [0.25, 0.3) is 11.1 Å². The molecular weight excluding hydrogens is 544 g/mol. The molecule has 0 unspecified atom stereocenters. The van der Waals surface area contributed by atoms with Crippen LogP contribution < -0.4 is 16.4 Å². The van der Waals surface area contributed by atoms with Crippen molar-refractivity contribution in [3.8, 4) is 16.9 Å². The Balaban J connectivity index is 1.73. The van der Waals surface area contributed by atoms with Gasteiger partial charge < -0.3 is 36.8 Å². The number of phenolic OH excluding ortho intramolecular Hbond substituents is 1. The Bertz CT molecular complexity index is 1640. The molecule has 2 aromatic rings. The molecule has 0 fully saturated rings. The lowest BCUT2D eigenvalue weighted by Crippen LogP contribution is -2.63. The Morgan fingerprint density at radius 3 is 2.12 bits per heavy atom. The Labute approximate surface area is 241 Å². The van der Waals surface area contributed by atoms with Crippen LogP contribution in [0, 0.1) is 11.8 Å². The molecule has 12 heteroatoms. The highest BCUT2D eigenvalue weighted by atomic mass is 16.3. The molecule has 5 rings (SSSR count). The van der Waals surface area contributed by atoms with Crippen molar-refractivity contribution in [2.75, 3.05) is 33.1 Å². The average molecular weight is 577 g/mol. The topological polar surface area (TPSA) is 208 Å². The molecule has 0 heterocycles. The minimum Gasteiger partial charge on any atom is -0.510 e. The number of Topliss-reactive ketones (excluding diaryl/α,β-unsaturated/α-hetero) is 2. The molecular formula is C30H32N4O8. The Morgan fingerprint density at radius 1 is 0.976 bits per heavy atom. The van der Waals surface area contributed by atoms with Crippen LogP contribution in [-0.2, 0) is 16.0 Å². The number of benzene rings is 2. The summed E-state index contributed by atoms with van der Waals surface area (Å²) in [5.41, 5.74) is 8.97. The monoisotopic (exact) mass is 576 g/mol. The van der Waals surface area contributed by atoms with Gasteiger partial charge in [0.1, 0.15) is 22.8 Å². The first-order chi connectivity index (χ1) is 19.6. The summed E-state index contributed by atoms with van der Waals surface area (Å²) in [7, 11) is 6.70. The highest BCUT2D eigenvalue weighted by molar-refractivity contribution is 6.25. The molecule has 0 spiro atoms. The molecule has 2 aromatic carbocycles. The van der Waals surface area contributed by atoms with Crippen LogP contribution in [0.15, 0.2) is 53.0 Å². The molecule has 3 aliphatic rings. The highest BCUT2D eigenvalue weighted by Gasteiger charge is 2.63. The second-order valence-electron chi connectivity index (χ2n) is 11.4. The Kier molecular flexibility index (Phi) is 6.66. The fraction of sp³-hybridized carbons (Fsp3) is 0.333. The zero-order valence-corrected chi connectivity index (χ0v) is 23.5. The number of primary amides is 2. The predicted octanol–water partition coefficient (Wildman–Crippen LogP) is 0.953. The number of fused-ring (bicyclic) bond motifs is 3. The first-order valence-corrected chi connectivity index (χ1v) is 13.2. The molecule has 0 radical (unpaired) electrons. The van der Waals surface area contributed by atoms with Crippen molar-refractivity contribution in [3.63, 3.8) is 0 Å². The van der Waals surface area contributed by atoms with Crippen molar-refractivity contribution >= 4 is 29.1 Å². The van der Waals surface area contributed by atoms with Crippen LogP contribution in [-0.4, -0.2) is 88.5 Å². The Morgan fingerprint density at radius 2 is 1.60 bits per heavy atom. The summed E-state index contributed by atoms with van der Waals surface area (Å²) < 4.78 is 0. The summed E-state index contributed by atoms with van der Waals surface area (Å²) in [5, 5.41) is 45.7. The molecule has 42 heavy (non-hydrogen) atoms. The van der Waals surface area contributed by atoms with Gasteiger partial charge in [0.25, 0.3) is 5.91 Å². The average Bonchev–Trinajstić information content (AvgIpc) is 2.90. The van der Waals surface area contributed by atoms with Crippen LogP contribution in [0.3, 0.4) is 0 Å². The molecule has 4 atom stereocenters. The Hall–Kier alpha value is -4.68. The third kappa shape index (κ3) is 3.90. The number of carbonyl (C=O) groups is 4. The largest absolute Gasteiger partial charge is 0.510 e. The number of allylic oxidation sites excluding steroid dienone is 1. The zero-order chi connectivity index (χ0) is 31.0. The zero-order valence-electron chi connectivity index (χ0n) is 23.5. The van der Waals surface area contributed by atoms with Crippen LogP contribution in [0.2, 0.25) is 0 Å². The molecule has 0 saturated heterocycles. The number of phenols is 1. The normalized spacial score (nSPS) is 25.2. The summed E-state index contributed by atoms with van der Waals surface area (Å²) in [6.07, 6.45) is 0.159. The van der Waals surface area contributed by atoms with Gasteiger partial charge in [0.05, 0.1) is 11.6 Å². The van der Waals surface area contributed by atoms with E-state index in [1.165, 1.54) is 17.0 Å². The first-order valence-electron chi connectivity index (χ1n) is 13.2. The molecule has 3 aliphatic carbocycles. The van der Waals surface area contributed by atoms with E-state index in [9.17, 15) is 39.6 Å². The van der Waals surface area contributed by atoms with Gasteiger partial charge in [-0.15, -0.1) is 0 Å². The van der Waals surface area contributed by atoms with Crippen molar-refractivity contribution in [1.29, 1.82) is 0 Å². The third-order valence-corrected chi connectivity index (χ3v) is 8.66. The van der Waals surface area contributed by atoms with Crippen molar-refractivity contribution in [2.24, 2.45) is 23.3 Å². The lowest BCUT2D eigenvalue weighted by atomic mass is 9.58. The van der Waals surface area contributed by atoms with E-state index in [0.29, 0.717) is 16.8 Å². The molecule has 0 aromatic heterocycles. The molecule has 12 nitrogen and oxygen atoms in total. The third-order valence-electron chi connectivity index (χ3n) is 8.66. The molecule has 2 amide bonds. The smallest absolute Gasteiger partial charge is 0.255 e. The number of rotatable bonds is 5. The van der Waals surface area contributed by atoms with Crippen LogP contribution in [0.5, 0.6) is 5.75 Å². The number of aliphatic hydroxyl groups excluding tert-OH is 2. The fourth-order valence-electron chi connectivity index (χ4n) is 6.73. The van der Waals surface area contributed by atoms with Gasteiger partial charge in [-0.3, -0.25) is 24.1 Å². The lowest BCUT2D eigenvalue weighted by molar-refractivity contribution is -0.148. The first kappa shape index (κ1) is 28.8. The number of aliphatic hydroxyl groups is 3. The number of ketones is 2. The van der Waals surface area contributed by atoms with Gasteiger partial charge in [-0.25, -0.2) is 0 Å². The van der Waals surface area contributed by atoms with E-state index in [1.54, 1.807) is 51.3 Å². The van der Waals surface area contributed by atoms with Gasteiger partial charge in [-0.1, -0.05) is 12.1 Å². The van der Waals surface area contributed by atoms with E-state index in [4.69, 9.17) is 11.5 Å². The fourth-order valence-corrected chi connectivity index (χ4v) is 6.73. The van der Waals surface area contributed by atoms with Gasteiger partial charge in [0.15, 0.2) is 11.4 Å². The molecule has 0 aliphatic heterocycles. The highest BCUT2D eigenvalue weighted by Crippen LogP contribution is 2.54. The number of nitrogens with zero attached hydrogens (tertiary/aromatic N) is 2. The maximum absolute atomic E-state index is 14.2. The van der Waals surface area contributed by atoms with Crippen molar-refractivity contribution < 1.29 is 39.6 Å². The number of hydrogen-bond donors (Lipinski definition) is 6. The van der Waals surface area contributed by atoms with Gasteiger partial charge in [0, 0.05) is 42.4 Å². The van der Waals surface area contributed by atoms with Crippen LogP contribution in [0.4, 0.5) is 5.69 Å². The SMILES string of the molecule is CN(C)c1cc(-c2ccc(C(N)=O)cc2)c(O)c2c1C[C@H]1C[C@H]3[C@H](N(C)C)C(O)=C(C(N)=O)C(=O)[C@@]3(O)C(O)=C1C2=O. The summed E-state index contributed by atoms with van der Waals surface area (Å²) >= 11 is 0. The van der Waals surface area contributed by atoms with E-state index in [2.05, 4.69) is 0 Å². The second-order valence-corrected chi connectivity index (χ2v) is 11.4. The lowest BCUT2D eigenvalue weighted by Gasteiger charge is -2.50. The van der Waals surface area contributed by atoms with Crippen molar-refractivity contribution in [3.05, 3.63) is 69.7 Å². The summed E-state index contributed by atoms with van der Waals surface area (Å²) in [6.45, 7) is 0. The predicted molar refractivity (Wildman–Crippen MR) is 152 cm³/mol. The number of aromatic hydroxyl groups is 1. The van der Waals surface area contributed by atoms with Crippen molar-refractivity contribution in [1.82, 2.24) is 4.90 Å². The number of carbonyl (C=O) groups excluding carboxylic acids is 4. The van der Waals surface area contributed by atoms with E-state index < -0.39 is 64.0 Å². The van der Waals surface area contributed by atoms with Crippen LogP contribution >= 0.6 is 0 Å². The van der Waals surface area contributed by atoms with E-state index in [-0.39, 0.29) is 40.9 Å².